The first-order valence-electron chi connectivity index (χ1n) is 11.5. The molecule has 4 rings (SSSR count). The molecule has 2 N–H and O–H groups in total. The van der Waals surface area contributed by atoms with Crippen LogP contribution in [0.15, 0.2) is 83.8 Å². The van der Waals surface area contributed by atoms with Crippen molar-refractivity contribution in [2.75, 3.05) is 11.9 Å². The van der Waals surface area contributed by atoms with Crippen LogP contribution in [0.25, 0.3) is 5.69 Å². The number of hydrogen-bond donors (Lipinski definition) is 2. The van der Waals surface area contributed by atoms with Crippen LogP contribution in [0.1, 0.15) is 34.8 Å². The average Bonchev–Trinajstić information content (AvgIpc) is 2.88. The number of benzene rings is 3. The van der Waals surface area contributed by atoms with E-state index in [-0.39, 0.29) is 17.2 Å². The van der Waals surface area contributed by atoms with Gasteiger partial charge in [0.2, 0.25) is 0 Å². The number of anilines is 2. The lowest BCUT2D eigenvalue weighted by molar-refractivity contribution is 0.0953. The maximum atomic E-state index is 13.5. The van der Waals surface area contributed by atoms with E-state index in [1.54, 1.807) is 24.3 Å². The van der Waals surface area contributed by atoms with Gasteiger partial charge in [0.1, 0.15) is 5.75 Å². The quantitative estimate of drug-likeness (QED) is 0.355. The number of hydrogen-bond acceptors (Lipinski definition) is 5. The van der Waals surface area contributed by atoms with Gasteiger partial charge in [-0.15, -0.1) is 0 Å². The largest absolute Gasteiger partial charge is 0.453 e. The first kappa shape index (κ1) is 23.8. The van der Waals surface area contributed by atoms with Gasteiger partial charge in [-0.25, -0.2) is 0 Å². The zero-order valence-corrected chi connectivity index (χ0v) is 20.0. The van der Waals surface area contributed by atoms with Crippen molar-refractivity contribution in [2.24, 2.45) is 0 Å². The van der Waals surface area contributed by atoms with Crippen LogP contribution in [0.2, 0.25) is 0 Å². The molecule has 0 fully saturated rings. The van der Waals surface area contributed by atoms with Gasteiger partial charge in [0, 0.05) is 17.8 Å². The predicted octanol–water partition coefficient (Wildman–Crippen LogP) is 5.53. The molecule has 0 saturated carbocycles. The van der Waals surface area contributed by atoms with Crippen LogP contribution in [0, 0.1) is 13.8 Å². The Labute approximate surface area is 204 Å². The molecular weight excluding hydrogens is 440 g/mol. The summed E-state index contributed by atoms with van der Waals surface area (Å²) in [6.45, 7) is 6.60. The van der Waals surface area contributed by atoms with Crippen LogP contribution >= 0.6 is 0 Å². The second kappa shape index (κ2) is 10.7. The fourth-order valence-electron chi connectivity index (χ4n) is 3.53. The molecule has 3 aromatic carbocycles. The Balaban J connectivity index is 1.72. The van der Waals surface area contributed by atoms with E-state index in [9.17, 15) is 9.59 Å². The molecule has 178 valence electrons. The third kappa shape index (κ3) is 5.41. The van der Waals surface area contributed by atoms with Crippen molar-refractivity contribution < 1.29 is 9.53 Å². The summed E-state index contributed by atoms with van der Waals surface area (Å²) in [6.07, 6.45) is 2.40. The predicted molar refractivity (Wildman–Crippen MR) is 138 cm³/mol. The van der Waals surface area contributed by atoms with Crippen molar-refractivity contribution in [3.05, 3.63) is 106 Å². The highest BCUT2D eigenvalue weighted by atomic mass is 16.5. The van der Waals surface area contributed by atoms with Gasteiger partial charge in [0.25, 0.3) is 11.5 Å². The standard InChI is InChI=1S/C28H28N4O3/c1-4-17-29-27(33)21-13-15-22(16-14-21)31-26-25(35-24-12-8-9-19(2)20(24)3)18-30-32(28(26)34)23-10-6-5-7-11-23/h5-16,18,31H,4,17H2,1-3H3,(H,29,33). The van der Waals surface area contributed by atoms with E-state index >= 15 is 0 Å². The van der Waals surface area contributed by atoms with Crippen molar-refractivity contribution >= 4 is 17.3 Å². The van der Waals surface area contributed by atoms with Crippen molar-refractivity contribution in [1.29, 1.82) is 0 Å². The summed E-state index contributed by atoms with van der Waals surface area (Å²) in [5, 5.41) is 10.4. The monoisotopic (exact) mass is 468 g/mol. The van der Waals surface area contributed by atoms with Gasteiger partial charge in [-0.2, -0.15) is 9.78 Å². The highest BCUT2D eigenvalue weighted by Gasteiger charge is 2.17. The van der Waals surface area contributed by atoms with Crippen LogP contribution in [-0.4, -0.2) is 22.2 Å². The summed E-state index contributed by atoms with van der Waals surface area (Å²) < 4.78 is 7.49. The van der Waals surface area contributed by atoms with Gasteiger partial charge in [-0.05, 0) is 73.9 Å². The molecule has 0 aliphatic carbocycles. The molecule has 0 radical (unpaired) electrons. The Bertz CT molecular complexity index is 1380. The Hall–Kier alpha value is -4.39. The third-order valence-corrected chi connectivity index (χ3v) is 5.67. The van der Waals surface area contributed by atoms with Gasteiger partial charge in [-0.1, -0.05) is 37.3 Å². The van der Waals surface area contributed by atoms with Crippen molar-refractivity contribution in [3.8, 4) is 17.2 Å². The molecule has 1 heterocycles. The summed E-state index contributed by atoms with van der Waals surface area (Å²) in [7, 11) is 0. The van der Waals surface area contributed by atoms with Gasteiger partial charge in [0.15, 0.2) is 11.4 Å². The Kier molecular flexibility index (Phi) is 7.26. The second-order valence-electron chi connectivity index (χ2n) is 8.19. The summed E-state index contributed by atoms with van der Waals surface area (Å²) in [5.41, 5.74) is 3.78. The van der Waals surface area contributed by atoms with Crippen molar-refractivity contribution in [2.45, 2.75) is 27.2 Å². The fraction of sp³-hybridized carbons (Fsp3) is 0.179. The molecule has 0 bridgehead atoms. The molecular formula is C28H28N4O3. The van der Waals surface area contributed by atoms with Gasteiger partial charge in [0.05, 0.1) is 11.9 Å². The van der Waals surface area contributed by atoms with E-state index in [1.807, 2.05) is 69.3 Å². The number of ether oxygens (including phenoxy) is 1. The molecule has 7 nitrogen and oxygen atoms in total. The first-order valence-corrected chi connectivity index (χ1v) is 11.5. The number of nitrogens with one attached hydrogen (secondary N) is 2. The fourth-order valence-corrected chi connectivity index (χ4v) is 3.53. The molecule has 7 heteroatoms. The Morgan fingerprint density at radius 2 is 1.69 bits per heavy atom. The maximum Gasteiger partial charge on any atom is 0.299 e. The third-order valence-electron chi connectivity index (χ3n) is 5.67. The summed E-state index contributed by atoms with van der Waals surface area (Å²) in [6, 6.07) is 21.9. The van der Waals surface area contributed by atoms with Crippen molar-refractivity contribution in [1.82, 2.24) is 15.1 Å². The number of carbonyl (C=O) groups is 1. The van der Waals surface area contributed by atoms with Crippen LogP contribution in [0.3, 0.4) is 0 Å². The van der Waals surface area contributed by atoms with Crippen molar-refractivity contribution in [3.63, 3.8) is 0 Å². The maximum absolute atomic E-state index is 13.5. The molecule has 4 aromatic rings. The molecule has 1 aromatic heterocycles. The molecule has 1 amide bonds. The van der Waals surface area contributed by atoms with Gasteiger partial charge >= 0.3 is 0 Å². The number of carbonyl (C=O) groups excluding carboxylic acids is 1. The number of amides is 1. The molecule has 0 aliphatic heterocycles. The van der Waals surface area contributed by atoms with E-state index in [0.717, 1.165) is 17.5 Å². The molecule has 0 atom stereocenters. The van der Waals surface area contributed by atoms with Crippen LogP contribution in [-0.2, 0) is 0 Å². The minimum absolute atomic E-state index is 0.132. The number of nitrogens with zero attached hydrogens (tertiary/aromatic N) is 2. The van der Waals surface area contributed by atoms with E-state index < -0.39 is 0 Å². The topological polar surface area (TPSA) is 85.2 Å². The second-order valence-corrected chi connectivity index (χ2v) is 8.19. The molecule has 0 spiro atoms. The Morgan fingerprint density at radius 3 is 2.40 bits per heavy atom. The number of aryl methyl sites for hydroxylation is 1. The lowest BCUT2D eigenvalue weighted by Crippen LogP contribution is -2.24. The minimum atomic E-state index is -0.358. The summed E-state index contributed by atoms with van der Waals surface area (Å²) >= 11 is 0. The minimum Gasteiger partial charge on any atom is -0.453 e. The van der Waals surface area contributed by atoms with E-state index in [1.165, 1.54) is 10.9 Å². The smallest absolute Gasteiger partial charge is 0.299 e. The highest BCUT2D eigenvalue weighted by molar-refractivity contribution is 5.94. The molecule has 0 unspecified atom stereocenters. The number of para-hydroxylation sites is 1. The van der Waals surface area contributed by atoms with Crippen LogP contribution in [0.4, 0.5) is 11.4 Å². The average molecular weight is 469 g/mol. The highest BCUT2D eigenvalue weighted by Crippen LogP contribution is 2.31. The van der Waals surface area contributed by atoms with Gasteiger partial charge < -0.3 is 15.4 Å². The zero-order chi connectivity index (χ0) is 24.8. The molecule has 0 aliphatic rings. The summed E-state index contributed by atoms with van der Waals surface area (Å²) in [5.74, 6) is 0.822. The van der Waals surface area contributed by atoms with Crippen LogP contribution in [0.5, 0.6) is 11.5 Å². The number of aromatic nitrogens is 2. The van der Waals surface area contributed by atoms with E-state index in [0.29, 0.717) is 35.0 Å². The number of rotatable bonds is 8. The normalized spacial score (nSPS) is 10.6. The lowest BCUT2D eigenvalue weighted by atomic mass is 10.1. The summed E-state index contributed by atoms with van der Waals surface area (Å²) in [4.78, 5) is 25.8. The zero-order valence-electron chi connectivity index (χ0n) is 20.0. The van der Waals surface area contributed by atoms with Gasteiger partial charge in [-0.3, -0.25) is 9.59 Å². The van der Waals surface area contributed by atoms with E-state index in [2.05, 4.69) is 15.7 Å². The first-order chi connectivity index (χ1) is 17.0. The van der Waals surface area contributed by atoms with E-state index in [4.69, 9.17) is 4.74 Å². The molecule has 0 saturated heterocycles. The SMILES string of the molecule is CCCNC(=O)c1ccc(Nc2c(Oc3cccc(C)c3C)cnn(-c3ccccc3)c2=O)cc1. The van der Waals surface area contributed by atoms with Crippen LogP contribution < -0.4 is 20.9 Å². The Morgan fingerprint density at radius 1 is 0.943 bits per heavy atom. The lowest BCUT2D eigenvalue weighted by Gasteiger charge is -2.16. The molecule has 35 heavy (non-hydrogen) atoms.